The number of carbonyl (C=O) groups excluding carboxylic acids is 1. The number of nitrogens with one attached hydrogen (secondary N) is 1. The summed E-state index contributed by atoms with van der Waals surface area (Å²) in [6.07, 6.45) is -0.0757. The number of hydrogen-bond donors (Lipinski definition) is 2. The minimum atomic E-state index is -0.583. The molecule has 108 valence electrons. The van der Waals surface area contributed by atoms with E-state index in [2.05, 4.69) is 11.4 Å². The van der Waals surface area contributed by atoms with Crippen LogP contribution in [0.5, 0.6) is 11.5 Å². The second-order valence-electron chi connectivity index (χ2n) is 5.41. The summed E-state index contributed by atoms with van der Waals surface area (Å²) in [4.78, 5) is 12.1. The van der Waals surface area contributed by atoms with Gasteiger partial charge in [-0.1, -0.05) is 23.8 Å². The zero-order valence-electron chi connectivity index (χ0n) is 12.0. The van der Waals surface area contributed by atoms with Crippen molar-refractivity contribution in [3.63, 3.8) is 0 Å². The Kier molecular flexibility index (Phi) is 3.29. The van der Waals surface area contributed by atoms with Crippen molar-refractivity contribution in [2.24, 2.45) is 0 Å². The van der Waals surface area contributed by atoms with Crippen LogP contribution in [0.4, 0.5) is 5.69 Å². The molecule has 1 aliphatic heterocycles. The molecule has 3 rings (SSSR count). The van der Waals surface area contributed by atoms with E-state index in [9.17, 15) is 9.90 Å². The lowest BCUT2D eigenvalue weighted by atomic mass is 9.99. The van der Waals surface area contributed by atoms with Crippen LogP contribution in [0.3, 0.4) is 0 Å². The van der Waals surface area contributed by atoms with Gasteiger partial charge in [-0.25, -0.2) is 0 Å². The molecule has 1 amide bonds. The molecule has 0 aromatic heterocycles. The first kappa shape index (κ1) is 13.5. The van der Waals surface area contributed by atoms with Gasteiger partial charge in [-0.05, 0) is 37.1 Å². The van der Waals surface area contributed by atoms with Crippen molar-refractivity contribution in [2.45, 2.75) is 26.4 Å². The Morgan fingerprint density at radius 1 is 1.19 bits per heavy atom. The molecule has 21 heavy (non-hydrogen) atoms. The first-order chi connectivity index (χ1) is 10.0. The Morgan fingerprint density at radius 2 is 2.00 bits per heavy atom. The number of aryl methyl sites for hydroxylation is 2. The molecule has 0 saturated heterocycles. The first-order valence-electron chi connectivity index (χ1n) is 6.89. The number of phenolic OH excluding ortho intramolecular Hbond substituents is 1. The minimum absolute atomic E-state index is 0.121. The van der Waals surface area contributed by atoms with E-state index in [-0.39, 0.29) is 11.7 Å². The van der Waals surface area contributed by atoms with Crippen LogP contribution in [0.15, 0.2) is 36.4 Å². The summed E-state index contributed by atoms with van der Waals surface area (Å²) >= 11 is 0. The highest BCUT2D eigenvalue weighted by Gasteiger charge is 2.28. The molecular formula is C17H17NO3. The van der Waals surface area contributed by atoms with E-state index in [1.54, 1.807) is 6.07 Å². The van der Waals surface area contributed by atoms with Crippen molar-refractivity contribution in [1.82, 2.24) is 0 Å². The van der Waals surface area contributed by atoms with Gasteiger partial charge >= 0.3 is 0 Å². The fraction of sp³-hybridized carbons (Fsp3) is 0.235. The highest BCUT2D eigenvalue weighted by Crippen LogP contribution is 2.33. The second-order valence-corrected chi connectivity index (χ2v) is 5.41. The molecule has 2 N–H and O–H groups in total. The fourth-order valence-electron chi connectivity index (χ4n) is 2.54. The maximum Gasteiger partial charge on any atom is 0.265 e. The Hall–Kier alpha value is -2.49. The lowest BCUT2D eigenvalue weighted by Crippen LogP contribution is -2.38. The van der Waals surface area contributed by atoms with Crippen LogP contribution >= 0.6 is 0 Å². The normalized spacial score (nSPS) is 16.9. The summed E-state index contributed by atoms with van der Waals surface area (Å²) in [6.45, 7) is 4.07. The van der Waals surface area contributed by atoms with Crippen LogP contribution in [-0.2, 0) is 11.2 Å². The average molecular weight is 283 g/mol. The Bertz CT molecular complexity index is 709. The molecular weight excluding hydrogens is 266 g/mol. The zero-order chi connectivity index (χ0) is 15.0. The van der Waals surface area contributed by atoms with Gasteiger partial charge < -0.3 is 15.2 Å². The summed E-state index contributed by atoms with van der Waals surface area (Å²) < 4.78 is 5.74. The largest absolute Gasteiger partial charge is 0.508 e. The molecule has 0 saturated carbocycles. The topological polar surface area (TPSA) is 58.6 Å². The van der Waals surface area contributed by atoms with Gasteiger partial charge in [0.05, 0.1) is 5.69 Å². The molecule has 1 aliphatic rings. The number of amides is 1. The van der Waals surface area contributed by atoms with E-state index in [0.717, 1.165) is 11.1 Å². The Morgan fingerprint density at radius 3 is 2.76 bits per heavy atom. The number of phenols is 1. The highest BCUT2D eigenvalue weighted by molar-refractivity contribution is 5.98. The lowest BCUT2D eigenvalue weighted by molar-refractivity contribution is -0.123. The fourth-order valence-corrected chi connectivity index (χ4v) is 2.54. The van der Waals surface area contributed by atoms with Gasteiger partial charge in [0, 0.05) is 12.5 Å². The van der Waals surface area contributed by atoms with Crippen LogP contribution in [0, 0.1) is 13.8 Å². The van der Waals surface area contributed by atoms with E-state index in [1.807, 2.05) is 26.0 Å². The highest BCUT2D eigenvalue weighted by atomic mass is 16.5. The summed E-state index contributed by atoms with van der Waals surface area (Å²) in [5.41, 5.74) is 4.02. The molecule has 2 aromatic rings. The third-order valence-electron chi connectivity index (χ3n) is 3.69. The molecule has 1 unspecified atom stereocenters. The molecule has 0 aliphatic carbocycles. The van der Waals surface area contributed by atoms with Crippen molar-refractivity contribution in [3.8, 4) is 11.5 Å². The Labute approximate surface area is 123 Å². The maximum atomic E-state index is 12.1. The van der Waals surface area contributed by atoms with E-state index in [1.165, 1.54) is 17.7 Å². The van der Waals surface area contributed by atoms with Gasteiger partial charge in [0.1, 0.15) is 11.5 Å². The smallest absolute Gasteiger partial charge is 0.265 e. The second kappa shape index (κ2) is 5.13. The number of carbonyl (C=O) groups is 1. The van der Waals surface area contributed by atoms with E-state index in [0.29, 0.717) is 17.9 Å². The standard InChI is InChI=1S/C17H17NO3/c1-10-3-4-12(11(2)7-10)8-16-17(20)18-14-6-5-13(19)9-15(14)21-16/h3-7,9,16,19H,8H2,1-2H3,(H,18,20). The monoisotopic (exact) mass is 283 g/mol. The molecule has 4 heteroatoms. The molecule has 0 spiro atoms. The quantitative estimate of drug-likeness (QED) is 0.833. The van der Waals surface area contributed by atoms with Crippen LogP contribution in [-0.4, -0.2) is 17.1 Å². The summed E-state index contributed by atoms with van der Waals surface area (Å²) in [7, 11) is 0. The molecule has 4 nitrogen and oxygen atoms in total. The molecule has 1 heterocycles. The molecule has 0 fully saturated rings. The van der Waals surface area contributed by atoms with Gasteiger partial charge in [0.15, 0.2) is 6.10 Å². The lowest BCUT2D eigenvalue weighted by Gasteiger charge is -2.26. The van der Waals surface area contributed by atoms with Crippen molar-refractivity contribution in [2.75, 3.05) is 5.32 Å². The number of aromatic hydroxyl groups is 1. The van der Waals surface area contributed by atoms with E-state index >= 15 is 0 Å². The average Bonchev–Trinajstić information content (AvgIpc) is 2.43. The third-order valence-corrected chi connectivity index (χ3v) is 3.69. The van der Waals surface area contributed by atoms with Crippen molar-refractivity contribution in [3.05, 3.63) is 53.1 Å². The minimum Gasteiger partial charge on any atom is -0.508 e. The number of anilines is 1. The number of fused-ring (bicyclic) bond motifs is 1. The predicted molar refractivity (Wildman–Crippen MR) is 80.8 cm³/mol. The summed E-state index contributed by atoms with van der Waals surface area (Å²) in [6, 6.07) is 10.8. The number of hydrogen-bond acceptors (Lipinski definition) is 3. The molecule has 0 radical (unpaired) electrons. The van der Waals surface area contributed by atoms with Crippen molar-refractivity contribution in [1.29, 1.82) is 0 Å². The number of benzene rings is 2. The predicted octanol–water partition coefficient (Wildman–Crippen LogP) is 2.95. The molecule has 2 aromatic carbocycles. The summed E-state index contributed by atoms with van der Waals surface area (Å²) in [5.74, 6) is 0.465. The van der Waals surface area contributed by atoms with Crippen LogP contribution in [0.2, 0.25) is 0 Å². The SMILES string of the molecule is Cc1ccc(CC2Oc3cc(O)ccc3NC2=O)c(C)c1. The third kappa shape index (κ3) is 2.70. The Balaban J connectivity index is 1.85. The zero-order valence-corrected chi connectivity index (χ0v) is 12.0. The number of rotatable bonds is 2. The van der Waals surface area contributed by atoms with Crippen LogP contribution in [0.25, 0.3) is 0 Å². The van der Waals surface area contributed by atoms with Crippen molar-refractivity contribution < 1.29 is 14.6 Å². The number of ether oxygens (including phenoxy) is 1. The van der Waals surface area contributed by atoms with E-state index < -0.39 is 6.10 Å². The first-order valence-corrected chi connectivity index (χ1v) is 6.89. The van der Waals surface area contributed by atoms with Gasteiger partial charge in [-0.15, -0.1) is 0 Å². The van der Waals surface area contributed by atoms with Gasteiger partial charge in [0.2, 0.25) is 0 Å². The van der Waals surface area contributed by atoms with Crippen LogP contribution in [0.1, 0.15) is 16.7 Å². The van der Waals surface area contributed by atoms with Crippen molar-refractivity contribution >= 4 is 11.6 Å². The molecule has 1 atom stereocenters. The van der Waals surface area contributed by atoms with Crippen LogP contribution < -0.4 is 10.1 Å². The van der Waals surface area contributed by atoms with Gasteiger partial charge in [-0.3, -0.25) is 4.79 Å². The maximum absolute atomic E-state index is 12.1. The summed E-state index contributed by atoms with van der Waals surface area (Å²) in [5, 5.41) is 12.3. The van der Waals surface area contributed by atoms with E-state index in [4.69, 9.17) is 4.74 Å². The van der Waals surface area contributed by atoms with Gasteiger partial charge in [0.25, 0.3) is 5.91 Å². The molecule has 0 bridgehead atoms. The van der Waals surface area contributed by atoms with Gasteiger partial charge in [-0.2, -0.15) is 0 Å².